The van der Waals surface area contributed by atoms with E-state index in [2.05, 4.69) is 12.0 Å². The smallest absolute Gasteiger partial charge is 0.438 e. The van der Waals surface area contributed by atoms with Gasteiger partial charge in [0.15, 0.2) is 5.76 Å². The van der Waals surface area contributed by atoms with E-state index in [4.69, 9.17) is 9.15 Å². The van der Waals surface area contributed by atoms with Crippen LogP contribution >= 0.6 is 0 Å². The summed E-state index contributed by atoms with van der Waals surface area (Å²) in [5, 5.41) is 13.2. The van der Waals surface area contributed by atoms with Crippen molar-refractivity contribution < 1.29 is 32.2 Å². The van der Waals surface area contributed by atoms with Crippen LogP contribution in [0.25, 0.3) is 0 Å². The average molecular weight is 396 g/mol. The van der Waals surface area contributed by atoms with Crippen molar-refractivity contribution in [2.24, 2.45) is 5.10 Å². The summed E-state index contributed by atoms with van der Waals surface area (Å²) >= 11 is 0. The SMILES string of the molecule is CCCc1ccc(OCc2ccc(C(=O)N3N=CCC3(O)C(F)(F)F)o2)cc1. The minimum atomic E-state index is -5.05. The van der Waals surface area contributed by atoms with Crippen molar-refractivity contribution in [1.82, 2.24) is 5.01 Å². The van der Waals surface area contributed by atoms with E-state index in [9.17, 15) is 23.1 Å². The van der Waals surface area contributed by atoms with Gasteiger partial charge in [0.1, 0.15) is 18.1 Å². The maximum atomic E-state index is 13.1. The first-order valence-corrected chi connectivity index (χ1v) is 8.71. The molecule has 1 amide bonds. The van der Waals surface area contributed by atoms with E-state index in [1.165, 1.54) is 17.7 Å². The van der Waals surface area contributed by atoms with Gasteiger partial charge in [0.25, 0.3) is 5.72 Å². The summed E-state index contributed by atoms with van der Waals surface area (Å²) in [6, 6.07) is 10.1. The molecule has 2 heterocycles. The number of benzene rings is 1. The van der Waals surface area contributed by atoms with Crippen LogP contribution in [0.5, 0.6) is 5.75 Å². The Morgan fingerprint density at radius 1 is 1.29 bits per heavy atom. The molecule has 1 atom stereocenters. The zero-order valence-corrected chi connectivity index (χ0v) is 15.1. The highest BCUT2D eigenvalue weighted by molar-refractivity contribution is 5.93. The van der Waals surface area contributed by atoms with Crippen LogP contribution in [0.2, 0.25) is 0 Å². The van der Waals surface area contributed by atoms with Gasteiger partial charge >= 0.3 is 12.1 Å². The Morgan fingerprint density at radius 3 is 2.64 bits per heavy atom. The minimum Gasteiger partial charge on any atom is -0.486 e. The number of carbonyl (C=O) groups excluding carboxylic acids is 1. The van der Waals surface area contributed by atoms with Gasteiger partial charge in [-0.05, 0) is 36.2 Å². The van der Waals surface area contributed by atoms with Gasteiger partial charge in [-0.2, -0.15) is 23.3 Å². The van der Waals surface area contributed by atoms with Gasteiger partial charge in [-0.25, -0.2) is 0 Å². The van der Waals surface area contributed by atoms with Gasteiger partial charge in [-0.1, -0.05) is 25.5 Å². The quantitative estimate of drug-likeness (QED) is 0.804. The summed E-state index contributed by atoms with van der Waals surface area (Å²) in [6.45, 7) is 2.08. The van der Waals surface area contributed by atoms with Gasteiger partial charge in [0, 0.05) is 12.6 Å². The molecule has 0 radical (unpaired) electrons. The van der Waals surface area contributed by atoms with Gasteiger partial charge < -0.3 is 14.3 Å². The molecule has 3 rings (SSSR count). The van der Waals surface area contributed by atoms with Crippen molar-refractivity contribution in [3.63, 3.8) is 0 Å². The monoisotopic (exact) mass is 396 g/mol. The Morgan fingerprint density at radius 2 is 2.00 bits per heavy atom. The van der Waals surface area contributed by atoms with Gasteiger partial charge in [0.2, 0.25) is 0 Å². The summed E-state index contributed by atoms with van der Waals surface area (Å²) in [5.41, 5.74) is -2.20. The maximum Gasteiger partial charge on any atom is 0.438 e. The molecule has 1 N–H and O–H groups in total. The molecule has 0 saturated heterocycles. The molecular formula is C19H19F3N2O4. The van der Waals surface area contributed by atoms with E-state index in [-0.39, 0.29) is 23.1 Å². The fourth-order valence-electron chi connectivity index (χ4n) is 2.76. The molecule has 1 aromatic heterocycles. The number of amides is 1. The Kier molecular flexibility index (Phi) is 5.46. The zero-order valence-electron chi connectivity index (χ0n) is 15.1. The van der Waals surface area contributed by atoms with Crippen LogP contribution < -0.4 is 4.74 Å². The number of alkyl halides is 3. The molecule has 28 heavy (non-hydrogen) atoms. The lowest BCUT2D eigenvalue weighted by molar-refractivity contribution is -0.297. The Hall–Kier alpha value is -2.81. The number of furan rings is 1. The highest BCUT2D eigenvalue weighted by Crippen LogP contribution is 2.39. The lowest BCUT2D eigenvalue weighted by Crippen LogP contribution is -2.56. The average Bonchev–Trinajstić information content (AvgIpc) is 3.28. The minimum absolute atomic E-state index is 0.00674. The number of aryl methyl sites for hydroxylation is 1. The summed E-state index contributed by atoms with van der Waals surface area (Å²) in [4.78, 5) is 12.3. The number of aliphatic hydroxyl groups is 1. The van der Waals surface area contributed by atoms with E-state index in [0.29, 0.717) is 5.75 Å². The standard InChI is InChI=1S/C19H19F3N2O4/c1-2-3-13-4-6-14(7-5-13)27-12-15-8-9-16(28-15)17(25)24-18(26,10-11-23-24)19(20,21)22/h4-9,11,26H,2-3,10,12H2,1H3. The van der Waals surface area contributed by atoms with Crippen molar-refractivity contribution in [3.8, 4) is 5.75 Å². The van der Waals surface area contributed by atoms with Crippen LogP contribution in [-0.4, -0.2) is 34.1 Å². The largest absolute Gasteiger partial charge is 0.486 e. The van der Waals surface area contributed by atoms with Crippen molar-refractivity contribution in [2.45, 2.75) is 44.7 Å². The summed E-state index contributed by atoms with van der Waals surface area (Å²) in [6.07, 6.45) is -3.06. The van der Waals surface area contributed by atoms with Crippen molar-refractivity contribution in [2.75, 3.05) is 0 Å². The lowest BCUT2D eigenvalue weighted by Gasteiger charge is -2.31. The number of hydrogen-bond donors (Lipinski definition) is 1. The van der Waals surface area contributed by atoms with Crippen LogP contribution in [0.15, 0.2) is 45.9 Å². The molecule has 0 bridgehead atoms. The molecular weight excluding hydrogens is 377 g/mol. The first-order valence-electron chi connectivity index (χ1n) is 8.71. The predicted molar refractivity (Wildman–Crippen MR) is 93.8 cm³/mol. The Labute approximate surface area is 159 Å². The molecule has 150 valence electrons. The van der Waals surface area contributed by atoms with Gasteiger partial charge in [-0.3, -0.25) is 4.79 Å². The Balaban J connectivity index is 1.65. The van der Waals surface area contributed by atoms with Crippen molar-refractivity contribution in [3.05, 3.63) is 53.5 Å². The van der Waals surface area contributed by atoms with E-state index >= 15 is 0 Å². The van der Waals surface area contributed by atoms with E-state index in [0.717, 1.165) is 19.1 Å². The van der Waals surface area contributed by atoms with Crippen molar-refractivity contribution >= 4 is 12.1 Å². The van der Waals surface area contributed by atoms with Crippen LogP contribution in [-0.2, 0) is 13.0 Å². The highest BCUT2D eigenvalue weighted by atomic mass is 19.4. The van der Waals surface area contributed by atoms with Crippen LogP contribution in [0.3, 0.4) is 0 Å². The first-order chi connectivity index (χ1) is 13.2. The highest BCUT2D eigenvalue weighted by Gasteiger charge is 2.61. The fraction of sp³-hybridized carbons (Fsp3) is 0.368. The molecule has 1 aliphatic heterocycles. The normalized spacial score (nSPS) is 19.2. The third-order valence-electron chi connectivity index (χ3n) is 4.29. The summed E-state index contributed by atoms with van der Waals surface area (Å²) in [7, 11) is 0. The van der Waals surface area contributed by atoms with Crippen LogP contribution in [0, 0.1) is 0 Å². The number of rotatable bonds is 6. The zero-order chi connectivity index (χ0) is 20.4. The number of carbonyl (C=O) groups is 1. The summed E-state index contributed by atoms with van der Waals surface area (Å²) in [5.74, 6) is -0.721. The third-order valence-corrected chi connectivity index (χ3v) is 4.29. The van der Waals surface area contributed by atoms with Gasteiger partial charge in [-0.15, -0.1) is 0 Å². The van der Waals surface area contributed by atoms with Gasteiger partial charge in [0.05, 0.1) is 0 Å². The molecule has 1 unspecified atom stereocenters. The third kappa shape index (κ3) is 3.89. The lowest BCUT2D eigenvalue weighted by atomic mass is 10.1. The predicted octanol–water partition coefficient (Wildman–Crippen LogP) is 3.89. The molecule has 6 nitrogen and oxygen atoms in total. The van der Waals surface area contributed by atoms with E-state index < -0.39 is 24.2 Å². The molecule has 9 heteroatoms. The molecule has 0 saturated carbocycles. The topological polar surface area (TPSA) is 75.3 Å². The second kappa shape index (κ2) is 7.67. The molecule has 0 fully saturated rings. The Bertz CT molecular complexity index is 861. The maximum absolute atomic E-state index is 13.1. The number of ether oxygens (including phenoxy) is 1. The second-order valence-electron chi connectivity index (χ2n) is 6.38. The molecule has 0 spiro atoms. The number of hydrazone groups is 1. The molecule has 1 aliphatic rings. The number of hydrogen-bond acceptors (Lipinski definition) is 5. The van der Waals surface area contributed by atoms with Crippen molar-refractivity contribution in [1.29, 1.82) is 0 Å². The number of nitrogens with zero attached hydrogens (tertiary/aromatic N) is 2. The summed E-state index contributed by atoms with van der Waals surface area (Å²) < 4.78 is 50.1. The number of halogens is 3. The second-order valence-corrected chi connectivity index (χ2v) is 6.38. The van der Waals surface area contributed by atoms with E-state index in [1.54, 1.807) is 0 Å². The molecule has 2 aromatic rings. The van der Waals surface area contributed by atoms with Crippen LogP contribution in [0.1, 0.15) is 41.6 Å². The first kappa shape index (κ1) is 19.9. The fourth-order valence-corrected chi connectivity index (χ4v) is 2.76. The van der Waals surface area contributed by atoms with Crippen LogP contribution in [0.4, 0.5) is 13.2 Å². The molecule has 0 aliphatic carbocycles. The molecule has 1 aromatic carbocycles. The van der Waals surface area contributed by atoms with E-state index in [1.807, 2.05) is 24.3 Å².